The Kier molecular flexibility index (Phi) is 6.61. The highest BCUT2D eigenvalue weighted by molar-refractivity contribution is 7.93. The highest BCUT2D eigenvalue weighted by Gasteiger charge is 2.34. The lowest BCUT2D eigenvalue weighted by Gasteiger charge is -2.07. The van der Waals surface area contributed by atoms with Crippen LogP contribution in [0.1, 0.15) is 17.0 Å². The van der Waals surface area contributed by atoms with Crippen LogP contribution in [0, 0.1) is 0 Å². The van der Waals surface area contributed by atoms with E-state index in [-0.39, 0.29) is 10.0 Å². The number of benzene rings is 2. The lowest BCUT2D eigenvalue weighted by molar-refractivity contribution is -0.140. The van der Waals surface area contributed by atoms with Crippen molar-refractivity contribution < 1.29 is 21.6 Å². The second kappa shape index (κ2) is 9.29. The summed E-state index contributed by atoms with van der Waals surface area (Å²) in [4.78, 5) is 7.69. The largest absolute Gasteiger partial charge is 0.434 e. The predicted octanol–water partition coefficient (Wildman–Crippen LogP) is 6.41. The number of sulfonamides is 1. The second-order valence-corrected chi connectivity index (χ2v) is 10.6. The number of alkyl halides is 3. The maximum atomic E-state index is 12.7. The molecule has 0 unspecified atom stereocenters. The molecule has 2 N–H and O–H groups in total. The van der Waals surface area contributed by atoms with Crippen molar-refractivity contribution in [3.05, 3.63) is 81.3 Å². The number of anilines is 3. The lowest BCUT2D eigenvalue weighted by Crippen LogP contribution is -2.13. The zero-order valence-corrected chi connectivity index (χ0v) is 19.6. The molecule has 0 bridgehead atoms. The molecule has 0 aliphatic rings. The van der Waals surface area contributed by atoms with Gasteiger partial charge in [0.1, 0.15) is 0 Å². The van der Waals surface area contributed by atoms with Crippen molar-refractivity contribution >= 4 is 60.2 Å². The van der Waals surface area contributed by atoms with E-state index in [0.717, 1.165) is 16.6 Å². The minimum atomic E-state index is -4.64. The van der Waals surface area contributed by atoms with E-state index in [1.165, 1.54) is 35.6 Å². The first-order valence-electron chi connectivity index (χ1n) is 9.20. The molecule has 2 aromatic heterocycles. The van der Waals surface area contributed by atoms with Gasteiger partial charge in [-0.05, 0) is 42.0 Å². The van der Waals surface area contributed by atoms with Gasteiger partial charge in [0.25, 0.3) is 10.0 Å². The summed E-state index contributed by atoms with van der Waals surface area (Å²) in [6.07, 6.45) is -4.00. The number of hydrogen-bond donors (Lipinski definition) is 2. The molecule has 0 aliphatic heterocycles. The fourth-order valence-corrected chi connectivity index (χ4v) is 5.55. The quantitative estimate of drug-likeness (QED) is 0.288. The van der Waals surface area contributed by atoms with E-state index in [0.29, 0.717) is 33.6 Å². The van der Waals surface area contributed by atoms with Gasteiger partial charge < -0.3 is 5.32 Å². The maximum Gasteiger partial charge on any atom is 0.434 e. The summed E-state index contributed by atoms with van der Waals surface area (Å²) in [5.41, 5.74) is 1.40. The van der Waals surface area contributed by atoms with Crippen molar-refractivity contribution in [2.45, 2.75) is 17.5 Å². The van der Waals surface area contributed by atoms with E-state index >= 15 is 0 Å². The van der Waals surface area contributed by atoms with E-state index in [9.17, 15) is 21.6 Å². The third-order valence-corrected chi connectivity index (χ3v) is 7.58. The Morgan fingerprint density at radius 1 is 0.909 bits per heavy atom. The van der Waals surface area contributed by atoms with Crippen LogP contribution in [0.5, 0.6) is 0 Å². The first kappa shape index (κ1) is 23.5. The Bertz CT molecular complexity index is 1350. The average molecular weight is 531 g/mol. The summed E-state index contributed by atoms with van der Waals surface area (Å²) in [7, 11) is -4.09. The van der Waals surface area contributed by atoms with Crippen LogP contribution in [0.25, 0.3) is 0 Å². The highest BCUT2D eigenvalue weighted by atomic mass is 35.5. The standard InChI is InChI=1S/C20H14ClF3N4O2S3/c21-13-3-1-12(2-4-13)9-15-10-31-18(26-15)25-14-5-7-16(8-6-14)33(29,30)28-19-27-17(11-32-19)20(22,23)24/h1-8,10-11H,9H2,(H,25,26)(H,27,28). The van der Waals surface area contributed by atoms with Crippen molar-refractivity contribution in [2.75, 3.05) is 10.0 Å². The van der Waals surface area contributed by atoms with Gasteiger partial charge in [-0.2, -0.15) is 13.2 Å². The minimum Gasteiger partial charge on any atom is -0.332 e. The Hall–Kier alpha value is -2.67. The van der Waals surface area contributed by atoms with Crippen molar-refractivity contribution in [3.8, 4) is 0 Å². The molecule has 6 nitrogen and oxygen atoms in total. The summed E-state index contributed by atoms with van der Waals surface area (Å²) in [5, 5.41) is 6.71. The van der Waals surface area contributed by atoms with Crippen molar-refractivity contribution in [1.82, 2.24) is 9.97 Å². The molecule has 0 saturated heterocycles. The molecule has 4 aromatic rings. The molecule has 0 atom stereocenters. The summed E-state index contributed by atoms with van der Waals surface area (Å²) in [6.45, 7) is 0. The molecule has 2 aromatic carbocycles. The normalized spacial score (nSPS) is 12.0. The molecule has 0 amide bonds. The molecule has 0 saturated carbocycles. The van der Waals surface area contributed by atoms with Crippen LogP contribution < -0.4 is 10.0 Å². The molecule has 0 fully saturated rings. The molecule has 33 heavy (non-hydrogen) atoms. The van der Waals surface area contributed by atoms with E-state index in [2.05, 4.69) is 20.0 Å². The van der Waals surface area contributed by atoms with E-state index in [1.54, 1.807) is 0 Å². The van der Waals surface area contributed by atoms with Crippen molar-refractivity contribution in [1.29, 1.82) is 0 Å². The van der Waals surface area contributed by atoms with Gasteiger partial charge in [-0.25, -0.2) is 18.4 Å². The number of halogens is 4. The Morgan fingerprint density at radius 3 is 2.21 bits per heavy atom. The average Bonchev–Trinajstić information content (AvgIpc) is 3.39. The highest BCUT2D eigenvalue weighted by Crippen LogP contribution is 2.32. The van der Waals surface area contributed by atoms with Crippen molar-refractivity contribution in [3.63, 3.8) is 0 Å². The molecular formula is C20H14ClF3N4O2S3. The van der Waals surface area contributed by atoms with E-state index in [4.69, 9.17) is 11.6 Å². The van der Waals surface area contributed by atoms with Crippen molar-refractivity contribution in [2.24, 2.45) is 0 Å². The number of nitrogens with one attached hydrogen (secondary N) is 2. The number of nitrogens with zero attached hydrogens (tertiary/aromatic N) is 2. The summed E-state index contributed by atoms with van der Waals surface area (Å²) < 4.78 is 65.0. The zero-order valence-electron chi connectivity index (χ0n) is 16.4. The number of aromatic nitrogens is 2. The van der Waals surface area contributed by atoms with Gasteiger partial charge in [0.2, 0.25) is 0 Å². The summed E-state index contributed by atoms with van der Waals surface area (Å²) >= 11 is 7.86. The van der Waals surface area contributed by atoms with Gasteiger partial charge in [-0.1, -0.05) is 23.7 Å². The van der Waals surface area contributed by atoms with E-state index in [1.807, 2.05) is 29.6 Å². The zero-order chi connectivity index (χ0) is 23.6. The van der Waals surface area contributed by atoms with Gasteiger partial charge in [0, 0.05) is 27.9 Å². The molecule has 4 rings (SSSR count). The smallest absolute Gasteiger partial charge is 0.332 e. The van der Waals surface area contributed by atoms with Crippen LogP contribution in [0.2, 0.25) is 5.02 Å². The summed E-state index contributed by atoms with van der Waals surface area (Å²) in [6, 6.07) is 13.2. The predicted molar refractivity (Wildman–Crippen MR) is 124 cm³/mol. The minimum absolute atomic E-state index is 0.112. The fourth-order valence-electron chi connectivity index (χ4n) is 2.72. The molecule has 0 aliphatic carbocycles. The van der Waals surface area contributed by atoms with E-state index < -0.39 is 21.9 Å². The molecule has 2 heterocycles. The number of rotatable bonds is 7. The maximum absolute atomic E-state index is 12.7. The molecular weight excluding hydrogens is 517 g/mol. The van der Waals surface area contributed by atoms with Gasteiger partial charge >= 0.3 is 6.18 Å². The fraction of sp³-hybridized carbons (Fsp3) is 0.100. The molecule has 0 spiro atoms. The molecule has 0 radical (unpaired) electrons. The number of thiazole rings is 2. The lowest BCUT2D eigenvalue weighted by atomic mass is 10.1. The van der Waals surface area contributed by atoms with Crippen LogP contribution in [0.3, 0.4) is 0 Å². The Balaban J connectivity index is 1.40. The molecule has 172 valence electrons. The van der Waals surface area contributed by atoms with Gasteiger partial charge in [-0.15, -0.1) is 22.7 Å². The van der Waals surface area contributed by atoms with Crippen LogP contribution >= 0.6 is 34.3 Å². The Labute approximate surface area is 200 Å². The first-order chi connectivity index (χ1) is 15.6. The van der Waals surface area contributed by atoms with Crippen LogP contribution in [-0.2, 0) is 22.6 Å². The van der Waals surface area contributed by atoms with Gasteiger partial charge in [-0.3, -0.25) is 4.72 Å². The SMILES string of the molecule is O=S(=O)(Nc1nc(C(F)(F)F)cs1)c1ccc(Nc2nc(Cc3ccc(Cl)cc3)cs2)cc1. The monoisotopic (exact) mass is 530 g/mol. The van der Waals surface area contributed by atoms with Crippen LogP contribution in [-0.4, -0.2) is 18.4 Å². The second-order valence-electron chi connectivity index (χ2n) is 6.74. The van der Waals surface area contributed by atoms with Gasteiger partial charge in [0.05, 0.1) is 10.6 Å². The van der Waals surface area contributed by atoms with Crippen LogP contribution in [0.4, 0.5) is 29.1 Å². The topological polar surface area (TPSA) is 84.0 Å². The first-order valence-corrected chi connectivity index (χ1v) is 12.8. The third kappa shape index (κ3) is 6.02. The summed E-state index contributed by atoms with van der Waals surface area (Å²) in [5.74, 6) is 0. The van der Waals surface area contributed by atoms with Crippen LogP contribution in [0.15, 0.2) is 64.2 Å². The Morgan fingerprint density at radius 2 is 1.58 bits per heavy atom. The molecule has 13 heteroatoms. The number of hydrogen-bond acceptors (Lipinski definition) is 7. The van der Waals surface area contributed by atoms with Gasteiger partial charge in [0.15, 0.2) is 16.0 Å². The third-order valence-electron chi connectivity index (χ3n) is 4.28.